The number of nitrogens with zero attached hydrogens (tertiary/aromatic N) is 1. The summed E-state index contributed by atoms with van der Waals surface area (Å²) in [4.78, 5) is 99.7. The van der Waals surface area contributed by atoms with E-state index < -0.39 is 63.8 Å². The molecular weight excluding hydrogens is 888 g/mol. The van der Waals surface area contributed by atoms with Crippen molar-refractivity contribution in [2.24, 2.45) is 21.7 Å². The number of hydrogen-bond acceptors (Lipinski definition) is 15. The number of halogens is 1. The number of amides is 1. The molecule has 2 aromatic carbocycles. The first-order valence-electron chi connectivity index (χ1n) is 21.9. The lowest BCUT2D eigenvalue weighted by atomic mass is 9.78. The Morgan fingerprint density at radius 2 is 0.925 bits per heavy atom. The molecule has 0 aromatic heterocycles. The Labute approximate surface area is 403 Å². The minimum Gasteiger partial charge on any atom is -0.466 e. The predicted octanol–water partition coefficient (Wildman–Crippen LogP) is 7.79. The van der Waals surface area contributed by atoms with Crippen molar-refractivity contribution in [3.8, 4) is 0 Å². The SMILES string of the molecule is C.CC(C)(C)C(=O)COC(=O)C1(C(=O)OCc2ccccc2)CCNCC1.CC(C)(C)OC(=O)N1CCC(C(=O)OCC(=O)C(C)(C)C)(C(=O)OCc2ccccc2)CC1.CCOC(C)=O.Cl. The van der Waals surface area contributed by atoms with Gasteiger partial charge in [0.25, 0.3) is 0 Å². The van der Waals surface area contributed by atoms with Gasteiger partial charge in [-0.3, -0.25) is 33.6 Å². The van der Waals surface area contributed by atoms with Gasteiger partial charge in [0.05, 0.1) is 6.61 Å². The van der Waals surface area contributed by atoms with Gasteiger partial charge in [-0.2, -0.15) is 0 Å². The van der Waals surface area contributed by atoms with E-state index in [-0.39, 0.29) is 83.1 Å². The molecule has 4 rings (SSSR count). The van der Waals surface area contributed by atoms with Crippen LogP contribution >= 0.6 is 12.4 Å². The molecule has 2 aliphatic heterocycles. The highest BCUT2D eigenvalue weighted by molar-refractivity contribution is 6.02. The van der Waals surface area contributed by atoms with Crippen LogP contribution in [-0.4, -0.2) is 104 Å². The molecule has 67 heavy (non-hydrogen) atoms. The lowest BCUT2D eigenvalue weighted by Gasteiger charge is -2.38. The zero-order chi connectivity index (χ0) is 49.1. The normalized spacial score (nSPS) is 15.0. The molecule has 0 aliphatic carbocycles. The Morgan fingerprint density at radius 3 is 1.24 bits per heavy atom. The van der Waals surface area contributed by atoms with E-state index in [1.54, 1.807) is 69.2 Å². The molecule has 2 aromatic rings. The summed E-state index contributed by atoms with van der Waals surface area (Å²) in [5.41, 5.74) is -3.25. The number of benzene rings is 2. The Morgan fingerprint density at radius 1 is 0.567 bits per heavy atom. The Kier molecular flexibility index (Phi) is 25.8. The number of rotatable bonds is 13. The van der Waals surface area contributed by atoms with E-state index in [0.29, 0.717) is 32.5 Å². The number of esters is 5. The van der Waals surface area contributed by atoms with Crippen molar-refractivity contribution in [3.05, 3.63) is 71.8 Å². The zero-order valence-electron chi connectivity index (χ0n) is 40.5. The number of likely N-dealkylation sites (tertiary alicyclic amines) is 1. The predicted molar refractivity (Wildman–Crippen MR) is 254 cm³/mol. The van der Waals surface area contributed by atoms with E-state index in [0.717, 1.165) is 11.1 Å². The maximum atomic E-state index is 13.1. The third-order valence-corrected chi connectivity index (χ3v) is 10.4. The summed E-state index contributed by atoms with van der Waals surface area (Å²) in [6, 6.07) is 18.4. The molecule has 2 heterocycles. The van der Waals surface area contributed by atoms with Gasteiger partial charge in [-0.1, -0.05) is 110 Å². The van der Waals surface area contributed by atoms with Crippen LogP contribution in [0.4, 0.5) is 4.79 Å². The summed E-state index contributed by atoms with van der Waals surface area (Å²) in [7, 11) is 0. The molecule has 0 radical (unpaired) electrons. The average Bonchev–Trinajstić information content (AvgIpc) is 3.25. The van der Waals surface area contributed by atoms with Crippen LogP contribution in [0.25, 0.3) is 0 Å². The molecule has 0 saturated carbocycles. The van der Waals surface area contributed by atoms with Crippen LogP contribution in [0, 0.1) is 21.7 Å². The monoisotopic (exact) mass is 962 g/mol. The van der Waals surface area contributed by atoms with Gasteiger partial charge in [-0.25, -0.2) is 4.79 Å². The minimum atomic E-state index is -1.59. The van der Waals surface area contributed by atoms with Crippen LogP contribution in [0.15, 0.2) is 60.7 Å². The van der Waals surface area contributed by atoms with Crippen LogP contribution in [0.1, 0.15) is 120 Å². The second-order valence-corrected chi connectivity index (χ2v) is 18.9. The van der Waals surface area contributed by atoms with Crippen molar-refractivity contribution in [3.63, 3.8) is 0 Å². The second-order valence-electron chi connectivity index (χ2n) is 18.9. The third-order valence-electron chi connectivity index (χ3n) is 10.4. The van der Waals surface area contributed by atoms with Crippen molar-refractivity contribution in [2.45, 2.75) is 128 Å². The van der Waals surface area contributed by atoms with Gasteiger partial charge < -0.3 is 38.6 Å². The Bertz CT molecular complexity index is 1900. The molecule has 1 amide bonds. The molecule has 0 spiro atoms. The Hall–Kier alpha value is -5.35. The van der Waals surface area contributed by atoms with Crippen LogP contribution in [0.2, 0.25) is 0 Å². The summed E-state index contributed by atoms with van der Waals surface area (Å²) < 4.78 is 31.2. The molecule has 0 unspecified atom stereocenters. The van der Waals surface area contributed by atoms with Crippen LogP contribution in [0.5, 0.6) is 0 Å². The smallest absolute Gasteiger partial charge is 0.410 e. The summed E-state index contributed by atoms with van der Waals surface area (Å²) in [6.07, 6.45) is 0.113. The van der Waals surface area contributed by atoms with Crippen molar-refractivity contribution >= 4 is 59.9 Å². The van der Waals surface area contributed by atoms with Crippen LogP contribution in [0.3, 0.4) is 0 Å². The van der Waals surface area contributed by atoms with Gasteiger partial charge in [0.15, 0.2) is 35.6 Å². The highest BCUT2D eigenvalue weighted by atomic mass is 35.5. The number of ketones is 2. The quantitative estimate of drug-likeness (QED) is 0.115. The van der Waals surface area contributed by atoms with Crippen molar-refractivity contribution in [1.82, 2.24) is 10.2 Å². The Balaban J connectivity index is 0.00000115. The summed E-state index contributed by atoms with van der Waals surface area (Å²) in [5, 5.41) is 3.13. The number of hydrogen-bond donors (Lipinski definition) is 1. The molecule has 17 heteroatoms. The first-order chi connectivity index (χ1) is 30.3. The first kappa shape index (κ1) is 61.7. The molecule has 376 valence electrons. The standard InChI is InChI=1S/C25H35NO7.C20H27NO5.C4H8O2.CH4.ClH/c1-23(2,3)19(27)17-32-21(29)25(20(28)31-16-18-10-8-7-9-11-18)12-14-26(15-13-25)22(30)33-24(4,5)6;1-19(2,3)16(22)14-26-18(24)20(9-11-21-12-10-20)17(23)25-13-15-7-5-4-6-8-15;1-3-6-4(2)5;;/h7-11H,12-17H2,1-6H3;4-8,21H,9-14H2,1-3H3;3H2,1-2H3;1H4;1H. The van der Waals surface area contributed by atoms with Gasteiger partial charge >= 0.3 is 35.9 Å². The number of ether oxygens (including phenoxy) is 6. The van der Waals surface area contributed by atoms with Crippen molar-refractivity contribution in [1.29, 1.82) is 0 Å². The maximum absolute atomic E-state index is 13.1. The summed E-state index contributed by atoms with van der Waals surface area (Å²) >= 11 is 0. The van der Waals surface area contributed by atoms with Crippen molar-refractivity contribution in [2.75, 3.05) is 46.0 Å². The topological polar surface area (TPSA) is 207 Å². The highest BCUT2D eigenvalue weighted by Crippen LogP contribution is 2.36. The van der Waals surface area contributed by atoms with Gasteiger partial charge in [-0.15, -0.1) is 12.4 Å². The van der Waals surface area contributed by atoms with E-state index in [1.165, 1.54) is 11.8 Å². The molecular formula is C50H75ClN2O14. The zero-order valence-corrected chi connectivity index (χ0v) is 41.4. The van der Waals surface area contributed by atoms with Gasteiger partial charge in [0, 0.05) is 30.8 Å². The summed E-state index contributed by atoms with van der Waals surface area (Å²) in [6.45, 7) is 20.1. The maximum Gasteiger partial charge on any atom is 0.410 e. The van der Waals surface area contributed by atoms with E-state index in [9.17, 15) is 38.4 Å². The fourth-order valence-electron chi connectivity index (χ4n) is 6.13. The van der Waals surface area contributed by atoms with Gasteiger partial charge in [-0.05, 0) is 77.6 Å². The van der Waals surface area contributed by atoms with Crippen LogP contribution < -0.4 is 5.32 Å². The fraction of sp³-hybridized carbons (Fsp3) is 0.600. The lowest BCUT2D eigenvalue weighted by molar-refractivity contribution is -0.179. The molecule has 0 atom stereocenters. The first-order valence-corrected chi connectivity index (χ1v) is 21.9. The molecule has 2 fully saturated rings. The van der Waals surface area contributed by atoms with E-state index >= 15 is 0 Å². The highest BCUT2D eigenvalue weighted by Gasteiger charge is 2.52. The third kappa shape index (κ3) is 20.6. The minimum absolute atomic E-state index is 0. The number of carbonyl (C=O) groups excluding carboxylic acids is 8. The fourth-order valence-corrected chi connectivity index (χ4v) is 6.13. The largest absolute Gasteiger partial charge is 0.466 e. The van der Waals surface area contributed by atoms with Crippen molar-refractivity contribution < 1.29 is 66.8 Å². The van der Waals surface area contributed by atoms with E-state index in [4.69, 9.17) is 23.7 Å². The molecule has 2 aliphatic rings. The van der Waals surface area contributed by atoms with E-state index in [1.807, 2.05) is 60.7 Å². The number of carbonyl (C=O) groups is 8. The molecule has 16 nitrogen and oxygen atoms in total. The molecule has 2 saturated heterocycles. The average molecular weight is 964 g/mol. The second kappa shape index (κ2) is 28.1. The lowest BCUT2D eigenvalue weighted by Crippen LogP contribution is -2.52. The molecule has 0 bridgehead atoms. The number of piperidine rings is 2. The number of Topliss-reactive ketones (excluding diaryl/α,β-unsaturated/α-hetero) is 2. The van der Waals surface area contributed by atoms with Crippen LogP contribution in [-0.2, 0) is 75.2 Å². The van der Waals surface area contributed by atoms with Gasteiger partial charge in [0.2, 0.25) is 0 Å². The number of nitrogens with one attached hydrogen (secondary N) is 1. The van der Waals surface area contributed by atoms with E-state index in [2.05, 4.69) is 10.1 Å². The summed E-state index contributed by atoms with van der Waals surface area (Å²) in [5.74, 6) is -3.43. The molecule has 1 N–H and O–H groups in total. The van der Waals surface area contributed by atoms with Gasteiger partial charge in [0.1, 0.15) is 18.8 Å².